The van der Waals surface area contributed by atoms with E-state index in [1.807, 2.05) is 26.0 Å². The van der Waals surface area contributed by atoms with Crippen LogP contribution in [0.4, 0.5) is 0 Å². The van der Waals surface area contributed by atoms with Crippen molar-refractivity contribution in [2.24, 2.45) is 11.8 Å². The Kier molecular flexibility index (Phi) is 3.63. The third-order valence-electron chi connectivity index (χ3n) is 4.88. The third-order valence-corrected chi connectivity index (χ3v) is 4.97. The molecule has 108 valence electrons. The fourth-order valence-electron chi connectivity index (χ4n) is 3.95. The zero-order valence-electron chi connectivity index (χ0n) is 12.2. The van der Waals surface area contributed by atoms with Gasteiger partial charge < -0.3 is 0 Å². The Balaban J connectivity index is 2.09. The Hall–Kier alpha value is -1.59. The van der Waals surface area contributed by atoms with Crippen molar-refractivity contribution >= 4 is 23.2 Å². The quantitative estimate of drug-likeness (QED) is 0.587. The number of halogens is 1. The van der Waals surface area contributed by atoms with Gasteiger partial charge in [0.05, 0.1) is 0 Å². The first-order valence-corrected chi connectivity index (χ1v) is 7.71. The summed E-state index contributed by atoms with van der Waals surface area (Å²) in [5, 5.41) is 2.37. The standard InChI is InChI=1S/C18H17ClO2/c1-10-7-12(5-6-19)8-11(2)15(10)16-17(20)13-3-4-14(9-13)18(16)21/h7-8,13-14,16H,3-4,9H2,1-2H3. The predicted octanol–water partition coefficient (Wildman–Crippen LogP) is 3.50. The number of ketones is 2. The molecule has 21 heavy (non-hydrogen) atoms. The molecule has 0 amide bonds. The third kappa shape index (κ3) is 2.30. The Morgan fingerprint density at radius 1 is 1.05 bits per heavy atom. The van der Waals surface area contributed by atoms with Crippen LogP contribution in [0.3, 0.4) is 0 Å². The molecule has 2 aliphatic rings. The van der Waals surface area contributed by atoms with Gasteiger partial charge in [0.1, 0.15) is 5.92 Å². The second-order valence-corrected chi connectivity index (χ2v) is 6.38. The summed E-state index contributed by atoms with van der Waals surface area (Å²) >= 11 is 5.45. The van der Waals surface area contributed by atoms with Gasteiger partial charge in [0.15, 0.2) is 11.6 Å². The highest BCUT2D eigenvalue weighted by Crippen LogP contribution is 2.45. The van der Waals surface area contributed by atoms with Crippen molar-refractivity contribution in [3.05, 3.63) is 34.4 Å². The minimum absolute atomic E-state index is 0.0822. The van der Waals surface area contributed by atoms with E-state index in [0.29, 0.717) is 0 Å². The van der Waals surface area contributed by atoms with Crippen molar-refractivity contribution in [2.75, 3.05) is 0 Å². The van der Waals surface area contributed by atoms with Gasteiger partial charge in [-0.2, -0.15) is 0 Å². The number of aryl methyl sites for hydroxylation is 2. The molecular formula is C18H17ClO2. The van der Waals surface area contributed by atoms with Crippen LogP contribution in [0.25, 0.3) is 0 Å². The molecule has 0 saturated heterocycles. The topological polar surface area (TPSA) is 34.1 Å². The highest BCUT2D eigenvalue weighted by Gasteiger charge is 2.48. The molecule has 2 unspecified atom stereocenters. The summed E-state index contributed by atoms with van der Waals surface area (Å²) in [5.41, 5.74) is 3.62. The molecule has 1 aromatic rings. The molecule has 2 bridgehead atoms. The summed E-state index contributed by atoms with van der Waals surface area (Å²) in [4.78, 5) is 25.3. The van der Waals surface area contributed by atoms with Gasteiger partial charge >= 0.3 is 0 Å². The minimum Gasteiger partial charge on any atom is -0.298 e. The minimum atomic E-state index is -0.561. The fourth-order valence-corrected chi connectivity index (χ4v) is 4.06. The summed E-state index contributed by atoms with van der Waals surface area (Å²) in [5.74, 6) is 2.66. The second kappa shape index (κ2) is 5.31. The highest BCUT2D eigenvalue weighted by molar-refractivity contribution is 6.30. The van der Waals surface area contributed by atoms with Crippen LogP contribution >= 0.6 is 11.6 Å². The molecule has 3 rings (SSSR count). The molecular weight excluding hydrogens is 284 g/mol. The van der Waals surface area contributed by atoms with Crippen LogP contribution in [0.2, 0.25) is 0 Å². The van der Waals surface area contributed by atoms with E-state index in [2.05, 4.69) is 11.3 Å². The number of benzene rings is 1. The van der Waals surface area contributed by atoms with E-state index in [1.165, 1.54) is 0 Å². The summed E-state index contributed by atoms with van der Waals surface area (Å²) in [6.45, 7) is 3.89. The molecule has 3 heteroatoms. The van der Waals surface area contributed by atoms with Gasteiger partial charge in [-0.25, -0.2) is 0 Å². The molecule has 0 radical (unpaired) electrons. The molecule has 0 heterocycles. The average molecular weight is 301 g/mol. The van der Waals surface area contributed by atoms with E-state index >= 15 is 0 Å². The van der Waals surface area contributed by atoms with Gasteiger partial charge in [0.25, 0.3) is 0 Å². The molecule has 0 spiro atoms. The Morgan fingerprint density at radius 3 is 2.05 bits per heavy atom. The second-order valence-electron chi connectivity index (χ2n) is 6.19. The SMILES string of the molecule is Cc1cc(C#CCl)cc(C)c1C1C(=O)C2CCC(C2)C1=O. The summed E-state index contributed by atoms with van der Waals surface area (Å²) < 4.78 is 0. The lowest BCUT2D eigenvalue weighted by Crippen LogP contribution is -2.35. The van der Waals surface area contributed by atoms with Crippen molar-refractivity contribution in [3.63, 3.8) is 0 Å². The normalized spacial score (nSPS) is 27.5. The van der Waals surface area contributed by atoms with E-state index < -0.39 is 5.92 Å². The zero-order valence-corrected chi connectivity index (χ0v) is 13.0. The Bertz CT molecular complexity index is 648. The van der Waals surface area contributed by atoms with Gasteiger partial charge in [-0.05, 0) is 79.5 Å². The molecule has 2 saturated carbocycles. The van der Waals surface area contributed by atoms with Gasteiger partial charge in [-0.15, -0.1) is 0 Å². The molecule has 2 fully saturated rings. The van der Waals surface area contributed by atoms with Crippen LogP contribution in [0, 0.1) is 37.0 Å². The molecule has 2 aliphatic carbocycles. The molecule has 2 nitrogen and oxygen atoms in total. The van der Waals surface area contributed by atoms with Crippen molar-refractivity contribution in [1.29, 1.82) is 0 Å². The van der Waals surface area contributed by atoms with E-state index in [1.54, 1.807) is 0 Å². The number of hydrogen-bond acceptors (Lipinski definition) is 2. The summed E-state index contributed by atoms with van der Waals surface area (Å²) in [7, 11) is 0. The molecule has 0 N–H and O–H groups in total. The fraction of sp³-hybridized carbons (Fsp3) is 0.444. The van der Waals surface area contributed by atoms with Crippen molar-refractivity contribution in [3.8, 4) is 11.3 Å². The van der Waals surface area contributed by atoms with Crippen LogP contribution < -0.4 is 0 Å². The van der Waals surface area contributed by atoms with Crippen LogP contribution in [0.5, 0.6) is 0 Å². The van der Waals surface area contributed by atoms with Crippen LogP contribution in [-0.2, 0) is 9.59 Å². The van der Waals surface area contributed by atoms with Gasteiger partial charge in [0.2, 0.25) is 0 Å². The van der Waals surface area contributed by atoms with E-state index in [-0.39, 0.29) is 23.4 Å². The lowest BCUT2D eigenvalue weighted by atomic mass is 9.73. The molecule has 2 atom stereocenters. The van der Waals surface area contributed by atoms with Gasteiger partial charge in [-0.3, -0.25) is 9.59 Å². The maximum Gasteiger partial charge on any atom is 0.150 e. The number of carbonyl (C=O) groups excluding carboxylic acids is 2. The number of hydrogen-bond donors (Lipinski definition) is 0. The van der Waals surface area contributed by atoms with Crippen LogP contribution in [-0.4, -0.2) is 11.6 Å². The number of rotatable bonds is 1. The lowest BCUT2D eigenvalue weighted by molar-refractivity contribution is -0.135. The van der Waals surface area contributed by atoms with Crippen molar-refractivity contribution in [1.82, 2.24) is 0 Å². The average Bonchev–Trinajstić information content (AvgIpc) is 2.87. The van der Waals surface area contributed by atoms with Crippen molar-refractivity contribution in [2.45, 2.75) is 39.0 Å². The first kappa shape index (κ1) is 14.4. The van der Waals surface area contributed by atoms with E-state index in [0.717, 1.165) is 41.5 Å². The maximum absolute atomic E-state index is 12.6. The smallest absolute Gasteiger partial charge is 0.150 e. The van der Waals surface area contributed by atoms with Gasteiger partial charge in [0, 0.05) is 22.8 Å². The molecule has 0 aromatic heterocycles. The molecule has 0 aliphatic heterocycles. The zero-order chi connectivity index (χ0) is 15.1. The molecule has 1 aromatic carbocycles. The first-order chi connectivity index (χ1) is 10.0. The maximum atomic E-state index is 12.6. The first-order valence-electron chi connectivity index (χ1n) is 7.33. The van der Waals surface area contributed by atoms with Gasteiger partial charge in [-0.1, -0.05) is 0 Å². The summed E-state index contributed by atoms with van der Waals surface area (Å²) in [6, 6.07) is 3.82. The Morgan fingerprint density at radius 2 is 1.57 bits per heavy atom. The largest absolute Gasteiger partial charge is 0.298 e. The Labute approximate surface area is 129 Å². The van der Waals surface area contributed by atoms with Crippen LogP contribution in [0.15, 0.2) is 12.1 Å². The monoisotopic (exact) mass is 300 g/mol. The number of Topliss-reactive ketones (excluding diaryl/α,β-unsaturated/α-hetero) is 2. The van der Waals surface area contributed by atoms with Crippen molar-refractivity contribution < 1.29 is 9.59 Å². The number of fused-ring (bicyclic) bond motifs is 2. The summed E-state index contributed by atoms with van der Waals surface area (Å²) in [6.07, 6.45) is 2.52. The van der Waals surface area contributed by atoms with Crippen LogP contribution in [0.1, 0.15) is 47.4 Å². The predicted molar refractivity (Wildman–Crippen MR) is 82.2 cm³/mol. The van der Waals surface area contributed by atoms with E-state index in [9.17, 15) is 9.59 Å². The highest BCUT2D eigenvalue weighted by atomic mass is 35.5. The number of carbonyl (C=O) groups is 2. The van der Waals surface area contributed by atoms with E-state index in [4.69, 9.17) is 11.6 Å². The lowest BCUT2D eigenvalue weighted by Gasteiger charge is -2.28.